The average molecular weight is 324 g/mol. The first-order chi connectivity index (χ1) is 11.2. The van der Waals surface area contributed by atoms with E-state index < -0.39 is 12.0 Å². The van der Waals surface area contributed by atoms with Crippen LogP contribution in [0.4, 0.5) is 0 Å². The summed E-state index contributed by atoms with van der Waals surface area (Å²) in [5, 5.41) is 22.9. The molecular formula is C18H16N2O2S. The molecule has 0 aliphatic carbocycles. The van der Waals surface area contributed by atoms with Crippen LogP contribution in [-0.2, 0) is 4.79 Å². The zero-order chi connectivity index (χ0) is 16.4. The van der Waals surface area contributed by atoms with Gasteiger partial charge in [0, 0.05) is 17.0 Å². The number of nitrogens with zero attached hydrogens (tertiary/aromatic N) is 2. The highest BCUT2D eigenvalue weighted by molar-refractivity contribution is 7.98. The summed E-state index contributed by atoms with van der Waals surface area (Å²) in [5.41, 5.74) is 0.416. The van der Waals surface area contributed by atoms with Crippen molar-refractivity contribution >= 4 is 39.3 Å². The first-order valence-corrected chi connectivity index (χ1v) is 8.70. The molecule has 0 saturated heterocycles. The molecule has 0 radical (unpaired) electrons. The van der Waals surface area contributed by atoms with Crippen molar-refractivity contribution in [3.63, 3.8) is 0 Å². The second-order valence-electron chi connectivity index (χ2n) is 5.42. The molecule has 4 nitrogen and oxygen atoms in total. The van der Waals surface area contributed by atoms with Gasteiger partial charge in [0.05, 0.1) is 0 Å². The van der Waals surface area contributed by atoms with Crippen LogP contribution in [0.5, 0.6) is 0 Å². The van der Waals surface area contributed by atoms with Crippen molar-refractivity contribution in [3.8, 4) is 6.07 Å². The molecule has 1 N–H and O–H groups in total. The van der Waals surface area contributed by atoms with E-state index >= 15 is 0 Å². The summed E-state index contributed by atoms with van der Waals surface area (Å²) >= 11 is 1.60. The van der Waals surface area contributed by atoms with Crippen molar-refractivity contribution in [1.82, 2.24) is 4.57 Å². The number of hydrogen-bond acceptors (Lipinski definition) is 3. The maximum atomic E-state index is 11.6. The summed E-state index contributed by atoms with van der Waals surface area (Å²) < 4.78 is 1.61. The second-order valence-corrected chi connectivity index (χ2v) is 6.40. The van der Waals surface area contributed by atoms with E-state index in [9.17, 15) is 15.2 Å². The highest BCUT2D eigenvalue weighted by Crippen LogP contribution is 2.30. The first-order valence-electron chi connectivity index (χ1n) is 7.31. The number of aliphatic carboxylic acids is 1. The van der Waals surface area contributed by atoms with Crippen LogP contribution < -0.4 is 0 Å². The molecule has 0 fully saturated rings. The Labute approximate surface area is 138 Å². The van der Waals surface area contributed by atoms with Crippen LogP contribution in [0.1, 0.15) is 18.2 Å². The SMILES string of the molecule is CSCC[C@@H](C(=O)O)n1cc2cc3ccccc3cc2c1C#N. The molecule has 0 spiro atoms. The number of thioether (sulfide) groups is 1. The Bertz CT molecular complexity index is 924. The molecule has 1 aromatic heterocycles. The van der Waals surface area contributed by atoms with E-state index in [1.807, 2.05) is 42.7 Å². The van der Waals surface area contributed by atoms with Gasteiger partial charge in [0.2, 0.25) is 0 Å². The summed E-state index contributed by atoms with van der Waals surface area (Å²) in [6.45, 7) is 0. The van der Waals surface area contributed by atoms with Crippen LogP contribution in [0.2, 0.25) is 0 Å². The molecule has 5 heteroatoms. The van der Waals surface area contributed by atoms with Gasteiger partial charge in [-0.25, -0.2) is 4.79 Å². The van der Waals surface area contributed by atoms with Gasteiger partial charge in [-0.05, 0) is 41.3 Å². The standard InChI is InChI=1S/C18H16N2O2S/c1-23-7-6-16(18(21)22)20-11-14-8-12-4-2-3-5-13(12)9-15(14)17(20)10-19/h2-5,8-9,11,16H,6-7H2,1H3,(H,21,22)/t16-/m0/s1. The minimum Gasteiger partial charge on any atom is -0.480 e. The fraction of sp³-hybridized carbons (Fsp3) is 0.222. The van der Waals surface area contributed by atoms with Crippen LogP contribution in [-0.4, -0.2) is 27.7 Å². The van der Waals surface area contributed by atoms with Crippen LogP contribution in [0.25, 0.3) is 21.5 Å². The molecule has 0 aliphatic heterocycles. The molecule has 0 amide bonds. The van der Waals surface area contributed by atoms with E-state index in [-0.39, 0.29) is 0 Å². The number of carboxylic acids is 1. The van der Waals surface area contributed by atoms with Gasteiger partial charge in [-0.3, -0.25) is 0 Å². The number of benzene rings is 2. The largest absolute Gasteiger partial charge is 0.480 e. The maximum absolute atomic E-state index is 11.6. The summed E-state index contributed by atoms with van der Waals surface area (Å²) in [5.74, 6) is -0.168. The summed E-state index contributed by atoms with van der Waals surface area (Å²) in [7, 11) is 0. The zero-order valence-corrected chi connectivity index (χ0v) is 13.5. The molecule has 2 aromatic carbocycles. The molecular weight excluding hydrogens is 308 g/mol. The van der Waals surface area contributed by atoms with E-state index in [4.69, 9.17) is 0 Å². The topological polar surface area (TPSA) is 66.0 Å². The molecule has 0 bridgehead atoms. The number of fused-ring (bicyclic) bond motifs is 2. The molecule has 0 aliphatic rings. The quantitative estimate of drug-likeness (QED) is 0.769. The van der Waals surface area contributed by atoms with Crippen molar-refractivity contribution in [2.45, 2.75) is 12.5 Å². The van der Waals surface area contributed by atoms with Gasteiger partial charge in [0.25, 0.3) is 0 Å². The van der Waals surface area contributed by atoms with Crippen LogP contribution in [0, 0.1) is 11.3 Å². The third-order valence-corrected chi connectivity index (χ3v) is 4.68. The maximum Gasteiger partial charge on any atom is 0.326 e. The van der Waals surface area contributed by atoms with Crippen LogP contribution in [0.15, 0.2) is 42.6 Å². The van der Waals surface area contributed by atoms with Crippen molar-refractivity contribution in [2.24, 2.45) is 0 Å². The van der Waals surface area contributed by atoms with Gasteiger partial charge in [0.15, 0.2) is 0 Å². The third kappa shape index (κ3) is 2.78. The Morgan fingerprint density at radius 1 is 1.30 bits per heavy atom. The lowest BCUT2D eigenvalue weighted by Crippen LogP contribution is -2.20. The molecule has 1 atom stereocenters. The number of rotatable bonds is 5. The van der Waals surface area contributed by atoms with E-state index in [0.29, 0.717) is 12.1 Å². The van der Waals surface area contributed by atoms with Gasteiger partial charge in [0.1, 0.15) is 17.8 Å². The molecule has 1 heterocycles. The molecule has 0 unspecified atom stereocenters. The minimum absolute atomic E-state index is 0.416. The monoisotopic (exact) mass is 324 g/mol. The van der Waals surface area contributed by atoms with E-state index in [0.717, 1.165) is 27.3 Å². The second kappa shape index (κ2) is 6.35. The summed E-state index contributed by atoms with van der Waals surface area (Å²) in [6, 6.07) is 13.4. The zero-order valence-electron chi connectivity index (χ0n) is 12.7. The van der Waals surface area contributed by atoms with Crippen molar-refractivity contribution < 1.29 is 9.90 Å². The van der Waals surface area contributed by atoms with Gasteiger partial charge in [-0.15, -0.1) is 0 Å². The Hall–Kier alpha value is -2.45. The Balaban J connectivity index is 2.22. The predicted molar refractivity (Wildman–Crippen MR) is 93.8 cm³/mol. The lowest BCUT2D eigenvalue weighted by molar-refractivity contribution is -0.140. The highest BCUT2D eigenvalue weighted by atomic mass is 32.2. The first kappa shape index (κ1) is 15.4. The smallest absolute Gasteiger partial charge is 0.326 e. The Kier molecular flexibility index (Phi) is 4.26. The minimum atomic E-state index is -0.902. The van der Waals surface area contributed by atoms with Crippen molar-refractivity contribution in [2.75, 3.05) is 12.0 Å². The lowest BCUT2D eigenvalue weighted by atomic mass is 10.1. The van der Waals surface area contributed by atoms with E-state index in [1.165, 1.54) is 0 Å². The summed E-state index contributed by atoms with van der Waals surface area (Å²) in [6.07, 6.45) is 4.23. The normalized spacial score (nSPS) is 12.3. The van der Waals surface area contributed by atoms with Gasteiger partial charge in [-0.1, -0.05) is 24.3 Å². The molecule has 0 saturated carbocycles. The number of carbonyl (C=O) groups is 1. The lowest BCUT2D eigenvalue weighted by Gasteiger charge is -2.14. The van der Waals surface area contributed by atoms with Crippen molar-refractivity contribution in [1.29, 1.82) is 5.26 Å². The fourth-order valence-electron chi connectivity index (χ4n) is 2.90. The van der Waals surface area contributed by atoms with Gasteiger partial charge in [-0.2, -0.15) is 17.0 Å². The molecule has 3 aromatic rings. The number of carboxylic acid groups (broad SMARTS) is 1. The van der Waals surface area contributed by atoms with Crippen molar-refractivity contribution in [3.05, 3.63) is 48.3 Å². The molecule has 23 heavy (non-hydrogen) atoms. The molecule has 3 rings (SSSR count). The Morgan fingerprint density at radius 3 is 2.61 bits per heavy atom. The van der Waals surface area contributed by atoms with Crippen LogP contribution >= 0.6 is 11.8 Å². The van der Waals surface area contributed by atoms with Gasteiger partial charge < -0.3 is 9.67 Å². The van der Waals surface area contributed by atoms with E-state index in [2.05, 4.69) is 6.07 Å². The Morgan fingerprint density at radius 2 is 2.00 bits per heavy atom. The number of aromatic nitrogens is 1. The molecule has 116 valence electrons. The fourth-order valence-corrected chi connectivity index (χ4v) is 3.36. The number of nitriles is 1. The van der Waals surface area contributed by atoms with E-state index in [1.54, 1.807) is 22.5 Å². The highest BCUT2D eigenvalue weighted by Gasteiger charge is 2.23. The predicted octanol–water partition coefficient (Wildman–Crippen LogP) is 4.04. The average Bonchev–Trinajstić information content (AvgIpc) is 2.89. The van der Waals surface area contributed by atoms with Crippen LogP contribution in [0.3, 0.4) is 0 Å². The summed E-state index contributed by atoms with van der Waals surface area (Å²) in [4.78, 5) is 11.6. The van der Waals surface area contributed by atoms with Gasteiger partial charge >= 0.3 is 5.97 Å². The third-order valence-electron chi connectivity index (χ3n) is 4.03. The number of hydrogen-bond donors (Lipinski definition) is 1.